The van der Waals surface area contributed by atoms with Gasteiger partial charge < -0.3 is 10.7 Å². The van der Waals surface area contributed by atoms with Crippen molar-refractivity contribution in [1.29, 1.82) is 0 Å². The van der Waals surface area contributed by atoms with Crippen LogP contribution in [0.1, 0.15) is 32.1 Å². The summed E-state index contributed by atoms with van der Waals surface area (Å²) in [5, 5.41) is 1.05. The zero-order valence-electron chi connectivity index (χ0n) is 11.0. The molecule has 1 aromatic heterocycles. The summed E-state index contributed by atoms with van der Waals surface area (Å²) in [5.74, 6) is 1.30. The number of rotatable bonds is 4. The second kappa shape index (κ2) is 5.95. The standard InChI is InChI=1S/C14H17Cl2N3/c1-8(2)6-11(17)14-18-7-12(19-14)9-4-3-5-10(15)13(9)16/h3-5,7-8,11H,6,17H2,1-2H3,(H,18,19). The number of benzene rings is 1. The van der Waals surface area contributed by atoms with E-state index in [2.05, 4.69) is 23.8 Å². The van der Waals surface area contributed by atoms with Gasteiger partial charge >= 0.3 is 0 Å². The van der Waals surface area contributed by atoms with E-state index in [1.165, 1.54) is 0 Å². The van der Waals surface area contributed by atoms with E-state index in [1.807, 2.05) is 12.1 Å². The molecule has 19 heavy (non-hydrogen) atoms. The van der Waals surface area contributed by atoms with Crippen LogP contribution in [-0.4, -0.2) is 9.97 Å². The van der Waals surface area contributed by atoms with E-state index in [4.69, 9.17) is 28.9 Å². The molecule has 0 bridgehead atoms. The van der Waals surface area contributed by atoms with E-state index in [-0.39, 0.29) is 6.04 Å². The molecule has 0 fully saturated rings. The predicted octanol–water partition coefficient (Wildman–Crippen LogP) is 4.43. The fourth-order valence-corrected chi connectivity index (χ4v) is 2.40. The van der Waals surface area contributed by atoms with Crippen LogP contribution in [0.25, 0.3) is 11.3 Å². The smallest absolute Gasteiger partial charge is 0.123 e. The van der Waals surface area contributed by atoms with Gasteiger partial charge in [-0.25, -0.2) is 4.98 Å². The van der Waals surface area contributed by atoms with Crippen molar-refractivity contribution in [2.45, 2.75) is 26.3 Å². The molecule has 0 spiro atoms. The highest BCUT2D eigenvalue weighted by Crippen LogP contribution is 2.32. The first kappa shape index (κ1) is 14.4. The Hall–Kier alpha value is -1.03. The van der Waals surface area contributed by atoms with Gasteiger partial charge in [0, 0.05) is 5.56 Å². The first-order valence-electron chi connectivity index (χ1n) is 6.24. The third-order valence-corrected chi connectivity index (χ3v) is 3.73. The van der Waals surface area contributed by atoms with Crippen LogP contribution in [0.4, 0.5) is 0 Å². The molecule has 0 aliphatic rings. The van der Waals surface area contributed by atoms with Crippen molar-refractivity contribution in [3.8, 4) is 11.3 Å². The van der Waals surface area contributed by atoms with Crippen LogP contribution in [0, 0.1) is 5.92 Å². The van der Waals surface area contributed by atoms with Gasteiger partial charge in [-0.05, 0) is 18.4 Å². The van der Waals surface area contributed by atoms with Crippen molar-refractivity contribution in [2.24, 2.45) is 11.7 Å². The molecule has 0 amide bonds. The van der Waals surface area contributed by atoms with Gasteiger partial charge in [0.15, 0.2) is 0 Å². The first-order chi connectivity index (χ1) is 8.99. The minimum atomic E-state index is -0.0910. The van der Waals surface area contributed by atoms with Crippen LogP contribution in [-0.2, 0) is 0 Å². The van der Waals surface area contributed by atoms with Gasteiger partial charge in [-0.2, -0.15) is 0 Å². The van der Waals surface area contributed by atoms with E-state index in [9.17, 15) is 0 Å². The van der Waals surface area contributed by atoms with Crippen molar-refractivity contribution in [1.82, 2.24) is 9.97 Å². The van der Waals surface area contributed by atoms with Crippen molar-refractivity contribution < 1.29 is 0 Å². The van der Waals surface area contributed by atoms with Gasteiger partial charge in [0.1, 0.15) is 5.82 Å². The molecule has 5 heteroatoms. The molecule has 102 valence electrons. The summed E-state index contributed by atoms with van der Waals surface area (Å²) in [6.07, 6.45) is 2.63. The molecule has 0 aliphatic heterocycles. The third kappa shape index (κ3) is 3.30. The first-order valence-corrected chi connectivity index (χ1v) is 6.99. The van der Waals surface area contributed by atoms with Gasteiger partial charge in [-0.3, -0.25) is 0 Å². The van der Waals surface area contributed by atoms with E-state index in [1.54, 1.807) is 12.3 Å². The summed E-state index contributed by atoms with van der Waals surface area (Å²) in [5.41, 5.74) is 7.78. The van der Waals surface area contributed by atoms with Crippen molar-refractivity contribution in [3.63, 3.8) is 0 Å². The predicted molar refractivity (Wildman–Crippen MR) is 80.4 cm³/mol. The average Bonchev–Trinajstić information content (AvgIpc) is 2.81. The number of nitrogens with zero attached hydrogens (tertiary/aromatic N) is 1. The van der Waals surface area contributed by atoms with Crippen molar-refractivity contribution >= 4 is 23.2 Å². The number of aromatic nitrogens is 2. The summed E-state index contributed by atoms with van der Waals surface area (Å²) < 4.78 is 0. The largest absolute Gasteiger partial charge is 0.341 e. The monoisotopic (exact) mass is 297 g/mol. The summed E-state index contributed by atoms with van der Waals surface area (Å²) in [6, 6.07) is 5.43. The lowest BCUT2D eigenvalue weighted by Crippen LogP contribution is -2.14. The Morgan fingerprint density at radius 1 is 1.32 bits per heavy atom. The van der Waals surface area contributed by atoms with Gasteiger partial charge in [0.25, 0.3) is 0 Å². The molecule has 0 radical (unpaired) electrons. The molecule has 1 aromatic carbocycles. The van der Waals surface area contributed by atoms with Crippen LogP contribution in [0.2, 0.25) is 10.0 Å². The maximum Gasteiger partial charge on any atom is 0.123 e. The van der Waals surface area contributed by atoms with E-state index >= 15 is 0 Å². The van der Waals surface area contributed by atoms with Crippen LogP contribution in [0.3, 0.4) is 0 Å². The Morgan fingerprint density at radius 3 is 2.74 bits per heavy atom. The molecule has 1 heterocycles. The number of H-pyrrole nitrogens is 1. The van der Waals surface area contributed by atoms with Gasteiger partial charge in [0.2, 0.25) is 0 Å². The SMILES string of the molecule is CC(C)CC(N)c1ncc(-c2cccc(Cl)c2Cl)[nH]1. The topological polar surface area (TPSA) is 54.7 Å². The van der Waals surface area contributed by atoms with Crippen molar-refractivity contribution in [3.05, 3.63) is 40.3 Å². The molecule has 0 saturated carbocycles. The summed E-state index contributed by atoms with van der Waals surface area (Å²) in [6.45, 7) is 4.27. The maximum absolute atomic E-state index is 6.19. The number of imidazole rings is 1. The Labute approximate surface area is 123 Å². The lowest BCUT2D eigenvalue weighted by molar-refractivity contribution is 0.496. The van der Waals surface area contributed by atoms with E-state index < -0.39 is 0 Å². The molecule has 2 rings (SSSR count). The fraction of sp³-hybridized carbons (Fsp3) is 0.357. The summed E-state index contributed by atoms with van der Waals surface area (Å²) in [4.78, 5) is 7.56. The minimum Gasteiger partial charge on any atom is -0.341 e. The Balaban J connectivity index is 2.28. The highest BCUT2D eigenvalue weighted by Gasteiger charge is 2.14. The average molecular weight is 298 g/mol. The third-order valence-electron chi connectivity index (χ3n) is 2.91. The van der Waals surface area contributed by atoms with Gasteiger partial charge in [-0.1, -0.05) is 49.2 Å². The number of halogens is 2. The summed E-state index contributed by atoms with van der Waals surface area (Å²) >= 11 is 12.2. The van der Waals surface area contributed by atoms with Crippen LogP contribution in [0.5, 0.6) is 0 Å². The van der Waals surface area contributed by atoms with Crippen LogP contribution < -0.4 is 5.73 Å². The zero-order valence-corrected chi connectivity index (χ0v) is 12.5. The lowest BCUT2D eigenvalue weighted by Gasteiger charge is -2.11. The molecular formula is C14H17Cl2N3. The van der Waals surface area contributed by atoms with E-state index in [0.29, 0.717) is 16.0 Å². The van der Waals surface area contributed by atoms with Crippen LogP contribution in [0.15, 0.2) is 24.4 Å². The molecule has 0 saturated heterocycles. The molecular weight excluding hydrogens is 281 g/mol. The second-order valence-corrected chi connectivity index (χ2v) is 5.80. The Morgan fingerprint density at radius 2 is 2.05 bits per heavy atom. The van der Waals surface area contributed by atoms with E-state index in [0.717, 1.165) is 23.5 Å². The Kier molecular flexibility index (Phi) is 4.50. The zero-order chi connectivity index (χ0) is 14.0. The van der Waals surface area contributed by atoms with Crippen molar-refractivity contribution in [2.75, 3.05) is 0 Å². The fourth-order valence-electron chi connectivity index (χ4n) is 1.99. The summed E-state index contributed by atoms with van der Waals surface area (Å²) in [7, 11) is 0. The molecule has 1 atom stereocenters. The Bertz CT molecular complexity index is 564. The quantitative estimate of drug-likeness (QED) is 0.877. The number of aromatic amines is 1. The molecule has 2 aromatic rings. The molecule has 3 N–H and O–H groups in total. The number of hydrogen-bond donors (Lipinski definition) is 2. The minimum absolute atomic E-state index is 0.0910. The second-order valence-electron chi connectivity index (χ2n) is 5.02. The lowest BCUT2D eigenvalue weighted by atomic mass is 10.0. The normalized spacial score (nSPS) is 12.9. The van der Waals surface area contributed by atoms with Gasteiger partial charge in [0.05, 0.1) is 28.0 Å². The molecule has 0 aliphatic carbocycles. The highest BCUT2D eigenvalue weighted by atomic mass is 35.5. The molecule has 3 nitrogen and oxygen atoms in total. The highest BCUT2D eigenvalue weighted by molar-refractivity contribution is 6.43. The molecule has 1 unspecified atom stereocenters. The number of hydrogen-bond acceptors (Lipinski definition) is 2. The number of nitrogens with one attached hydrogen (secondary N) is 1. The van der Waals surface area contributed by atoms with Crippen LogP contribution >= 0.6 is 23.2 Å². The maximum atomic E-state index is 6.19. The van der Waals surface area contributed by atoms with Gasteiger partial charge in [-0.15, -0.1) is 0 Å². The number of nitrogens with two attached hydrogens (primary N) is 1.